The second kappa shape index (κ2) is 4.81. The highest BCUT2D eigenvalue weighted by molar-refractivity contribution is 14.1. The topological polar surface area (TPSA) is 67.9 Å². The third kappa shape index (κ3) is 2.87. The van der Waals surface area contributed by atoms with E-state index in [-0.39, 0.29) is 0 Å². The Morgan fingerprint density at radius 1 is 1.47 bits per heavy atom. The van der Waals surface area contributed by atoms with Crippen molar-refractivity contribution in [1.29, 1.82) is 5.26 Å². The molecule has 1 heterocycles. The normalized spacial score (nSPS) is 11.3. The SMILES string of the molecule is CC(C)(C)OC(=O)n1nc(I)c2ccc(C#N)cc21. The number of carbonyl (C=O) groups excluding carboxylic acids is 1. The van der Waals surface area contributed by atoms with Gasteiger partial charge in [0.2, 0.25) is 0 Å². The van der Waals surface area contributed by atoms with Gasteiger partial charge in [0.1, 0.15) is 9.30 Å². The Morgan fingerprint density at radius 3 is 2.74 bits per heavy atom. The van der Waals surface area contributed by atoms with E-state index in [2.05, 4.69) is 27.7 Å². The largest absolute Gasteiger partial charge is 0.442 e. The number of rotatable bonds is 0. The van der Waals surface area contributed by atoms with Gasteiger partial charge in [0, 0.05) is 5.39 Å². The summed E-state index contributed by atoms with van der Waals surface area (Å²) in [5.41, 5.74) is 0.472. The molecule has 0 saturated carbocycles. The summed E-state index contributed by atoms with van der Waals surface area (Å²) >= 11 is 2.05. The molecular formula is C13H12IN3O2. The van der Waals surface area contributed by atoms with Crippen molar-refractivity contribution in [2.75, 3.05) is 0 Å². The molecule has 1 aromatic carbocycles. The molecule has 98 valence electrons. The van der Waals surface area contributed by atoms with E-state index in [0.717, 1.165) is 5.39 Å². The Morgan fingerprint density at radius 2 is 2.16 bits per heavy atom. The molecule has 0 saturated heterocycles. The standard InChI is InChI=1S/C13H12IN3O2/c1-13(2,3)19-12(18)17-10-6-8(7-15)4-5-9(10)11(14)16-17/h4-6H,1-3H3. The summed E-state index contributed by atoms with van der Waals surface area (Å²) in [5, 5.41) is 13.9. The van der Waals surface area contributed by atoms with Crippen molar-refractivity contribution in [2.45, 2.75) is 26.4 Å². The maximum Gasteiger partial charge on any atom is 0.435 e. The molecule has 6 heteroatoms. The number of halogens is 1. The summed E-state index contributed by atoms with van der Waals surface area (Å²) in [6.07, 6.45) is -0.546. The maximum atomic E-state index is 12.1. The third-order valence-electron chi connectivity index (χ3n) is 2.33. The molecule has 0 aliphatic rings. The average molecular weight is 369 g/mol. The molecule has 0 N–H and O–H groups in total. The zero-order valence-electron chi connectivity index (χ0n) is 10.8. The lowest BCUT2D eigenvalue weighted by Gasteiger charge is -2.19. The number of aromatic nitrogens is 2. The number of benzene rings is 1. The van der Waals surface area contributed by atoms with Gasteiger partial charge in [0.25, 0.3) is 0 Å². The van der Waals surface area contributed by atoms with Crippen LogP contribution in [0.1, 0.15) is 26.3 Å². The summed E-state index contributed by atoms with van der Waals surface area (Å²) in [6, 6.07) is 7.16. The lowest BCUT2D eigenvalue weighted by atomic mass is 10.2. The molecule has 0 fully saturated rings. The van der Waals surface area contributed by atoms with Gasteiger partial charge in [-0.05, 0) is 61.6 Å². The number of carbonyl (C=O) groups is 1. The fourth-order valence-corrected chi connectivity index (χ4v) is 2.26. The van der Waals surface area contributed by atoms with Crippen LogP contribution in [0.25, 0.3) is 10.9 Å². The molecule has 0 aliphatic carbocycles. The molecule has 2 rings (SSSR count). The van der Waals surface area contributed by atoms with Crippen molar-refractivity contribution in [3.8, 4) is 6.07 Å². The Hall–Kier alpha value is -1.62. The van der Waals surface area contributed by atoms with E-state index in [9.17, 15) is 4.79 Å². The van der Waals surface area contributed by atoms with E-state index >= 15 is 0 Å². The third-order valence-corrected chi connectivity index (χ3v) is 3.13. The molecule has 0 amide bonds. The fourth-order valence-electron chi connectivity index (χ4n) is 1.59. The molecule has 0 bridgehead atoms. The molecule has 5 nitrogen and oxygen atoms in total. The quantitative estimate of drug-likeness (QED) is 0.669. The highest BCUT2D eigenvalue weighted by Gasteiger charge is 2.21. The van der Waals surface area contributed by atoms with Gasteiger partial charge in [-0.1, -0.05) is 0 Å². The van der Waals surface area contributed by atoms with E-state index in [1.165, 1.54) is 4.68 Å². The summed E-state index contributed by atoms with van der Waals surface area (Å²) in [4.78, 5) is 12.1. The predicted octanol–water partition coefficient (Wildman–Crippen LogP) is 3.30. The second-order valence-corrected chi connectivity index (χ2v) is 6.05. The van der Waals surface area contributed by atoms with Crippen LogP contribution in [0.5, 0.6) is 0 Å². The summed E-state index contributed by atoms with van der Waals surface area (Å²) in [5.74, 6) is 0. The van der Waals surface area contributed by atoms with Crippen LogP contribution in [0.4, 0.5) is 4.79 Å². The molecule has 0 radical (unpaired) electrons. The van der Waals surface area contributed by atoms with Gasteiger partial charge in [0.15, 0.2) is 0 Å². The van der Waals surface area contributed by atoms with Crippen molar-refractivity contribution in [3.05, 3.63) is 27.5 Å². The van der Waals surface area contributed by atoms with Crippen molar-refractivity contribution in [2.24, 2.45) is 0 Å². The Bertz CT molecular complexity index is 692. The van der Waals surface area contributed by atoms with Gasteiger partial charge in [-0.3, -0.25) is 0 Å². The minimum absolute atomic E-state index is 0.480. The van der Waals surface area contributed by atoms with Gasteiger partial charge >= 0.3 is 6.09 Å². The van der Waals surface area contributed by atoms with Crippen molar-refractivity contribution in [1.82, 2.24) is 9.78 Å². The minimum Gasteiger partial charge on any atom is -0.442 e. The van der Waals surface area contributed by atoms with Crippen molar-refractivity contribution in [3.63, 3.8) is 0 Å². The van der Waals surface area contributed by atoms with Gasteiger partial charge in [-0.2, -0.15) is 15.0 Å². The monoisotopic (exact) mass is 369 g/mol. The van der Waals surface area contributed by atoms with Crippen molar-refractivity contribution >= 4 is 39.6 Å². The molecule has 1 aromatic heterocycles. The van der Waals surface area contributed by atoms with Crippen molar-refractivity contribution < 1.29 is 9.53 Å². The van der Waals surface area contributed by atoms with E-state index in [1.807, 2.05) is 6.07 Å². The van der Waals surface area contributed by atoms with E-state index < -0.39 is 11.7 Å². The molecule has 0 unspecified atom stereocenters. The highest BCUT2D eigenvalue weighted by atomic mass is 127. The zero-order chi connectivity index (χ0) is 14.2. The molecule has 0 aliphatic heterocycles. The molecule has 0 atom stereocenters. The molecular weight excluding hydrogens is 357 g/mol. The lowest BCUT2D eigenvalue weighted by Crippen LogP contribution is -2.27. The zero-order valence-corrected chi connectivity index (χ0v) is 12.9. The average Bonchev–Trinajstić information content (AvgIpc) is 2.64. The fraction of sp³-hybridized carbons (Fsp3) is 0.308. The van der Waals surface area contributed by atoms with Crippen LogP contribution in [-0.2, 0) is 4.74 Å². The second-order valence-electron chi connectivity index (χ2n) is 5.03. The summed E-state index contributed by atoms with van der Waals surface area (Å²) < 4.78 is 7.19. The first kappa shape index (κ1) is 13.8. The van der Waals surface area contributed by atoms with Crippen LogP contribution >= 0.6 is 22.6 Å². The first-order valence-corrected chi connectivity index (χ1v) is 6.71. The number of hydrogen-bond acceptors (Lipinski definition) is 4. The Kier molecular flexibility index (Phi) is 3.49. The van der Waals surface area contributed by atoms with Gasteiger partial charge in [0.05, 0.1) is 17.1 Å². The van der Waals surface area contributed by atoms with Crippen LogP contribution in [0.15, 0.2) is 18.2 Å². The summed E-state index contributed by atoms with van der Waals surface area (Å²) in [7, 11) is 0. The van der Waals surface area contributed by atoms with E-state index in [1.54, 1.807) is 39.0 Å². The maximum absolute atomic E-state index is 12.1. The number of ether oxygens (including phenoxy) is 1. The van der Waals surface area contributed by atoms with Crippen LogP contribution in [0.3, 0.4) is 0 Å². The first-order valence-electron chi connectivity index (χ1n) is 5.63. The summed E-state index contributed by atoms with van der Waals surface area (Å²) in [6.45, 7) is 5.38. The molecule has 19 heavy (non-hydrogen) atoms. The van der Waals surface area contributed by atoms with Crippen LogP contribution in [0, 0.1) is 15.0 Å². The van der Waals surface area contributed by atoms with Crippen LogP contribution in [-0.4, -0.2) is 21.5 Å². The number of nitriles is 1. The molecule has 0 spiro atoms. The van der Waals surface area contributed by atoms with Crippen LogP contribution in [0.2, 0.25) is 0 Å². The van der Waals surface area contributed by atoms with Gasteiger partial charge in [-0.15, -0.1) is 0 Å². The Balaban J connectivity index is 2.55. The van der Waals surface area contributed by atoms with Gasteiger partial charge < -0.3 is 4.74 Å². The number of fused-ring (bicyclic) bond motifs is 1. The smallest absolute Gasteiger partial charge is 0.435 e. The predicted molar refractivity (Wildman–Crippen MR) is 78.8 cm³/mol. The number of nitrogens with zero attached hydrogens (tertiary/aromatic N) is 3. The van der Waals surface area contributed by atoms with E-state index in [0.29, 0.717) is 14.8 Å². The first-order chi connectivity index (χ1) is 8.81. The van der Waals surface area contributed by atoms with E-state index in [4.69, 9.17) is 10.00 Å². The lowest BCUT2D eigenvalue weighted by molar-refractivity contribution is 0.0522. The number of hydrogen-bond donors (Lipinski definition) is 0. The Labute approximate surface area is 124 Å². The van der Waals surface area contributed by atoms with Crippen LogP contribution < -0.4 is 0 Å². The molecule has 2 aromatic rings. The van der Waals surface area contributed by atoms with Gasteiger partial charge in [-0.25, -0.2) is 4.79 Å². The minimum atomic E-state index is -0.590. The highest BCUT2D eigenvalue weighted by Crippen LogP contribution is 2.22.